The lowest BCUT2D eigenvalue weighted by atomic mass is 10.1. The minimum absolute atomic E-state index is 0.0745. The first-order valence-electron chi connectivity index (χ1n) is 11.5. The summed E-state index contributed by atoms with van der Waals surface area (Å²) in [6, 6.07) is 13.7. The van der Waals surface area contributed by atoms with Gasteiger partial charge in [0, 0.05) is 28.8 Å². The van der Waals surface area contributed by atoms with Crippen molar-refractivity contribution in [2.45, 2.75) is 39.0 Å². The number of fused-ring (bicyclic) bond motifs is 1. The molecule has 2 N–H and O–H groups in total. The van der Waals surface area contributed by atoms with Crippen LogP contribution in [0.5, 0.6) is 0 Å². The smallest absolute Gasteiger partial charge is 0.253 e. The Balaban J connectivity index is 1.43. The third-order valence-corrected chi connectivity index (χ3v) is 6.52. The molecule has 0 bridgehead atoms. The maximum Gasteiger partial charge on any atom is 0.253 e. The van der Waals surface area contributed by atoms with Gasteiger partial charge in [0.25, 0.3) is 5.91 Å². The van der Waals surface area contributed by atoms with Gasteiger partial charge in [0.15, 0.2) is 0 Å². The predicted molar refractivity (Wildman–Crippen MR) is 133 cm³/mol. The summed E-state index contributed by atoms with van der Waals surface area (Å²) in [6.07, 6.45) is 7.89. The van der Waals surface area contributed by atoms with Gasteiger partial charge in [-0.15, -0.1) is 0 Å². The standard InChI is InChI=1S/C26H31ClN4O/c1-19-11-12-20(17-24(19)27)30-25-22-10-5-4-9-21(22)23(18-29-25)26(32)28-13-8-16-31-14-6-2-3-7-15-31/h4-5,9-12,17-18H,2-3,6-8,13-16H2,1H3,(H,28,32)(H,29,30). The minimum atomic E-state index is -0.0745. The maximum atomic E-state index is 12.9. The van der Waals surface area contributed by atoms with Gasteiger partial charge < -0.3 is 15.5 Å². The second kappa shape index (κ2) is 10.8. The van der Waals surface area contributed by atoms with E-state index in [1.54, 1.807) is 6.20 Å². The third kappa shape index (κ3) is 5.59. The van der Waals surface area contributed by atoms with Crippen LogP contribution < -0.4 is 10.6 Å². The number of benzene rings is 2. The highest BCUT2D eigenvalue weighted by Crippen LogP contribution is 2.28. The molecule has 1 aliphatic heterocycles. The number of carbonyl (C=O) groups is 1. The zero-order valence-corrected chi connectivity index (χ0v) is 19.4. The number of pyridine rings is 1. The average molecular weight is 451 g/mol. The molecule has 0 spiro atoms. The molecule has 32 heavy (non-hydrogen) atoms. The zero-order chi connectivity index (χ0) is 22.3. The molecule has 4 rings (SSSR count). The van der Waals surface area contributed by atoms with Gasteiger partial charge in [-0.2, -0.15) is 0 Å². The monoisotopic (exact) mass is 450 g/mol. The van der Waals surface area contributed by atoms with Gasteiger partial charge in [-0.3, -0.25) is 4.79 Å². The van der Waals surface area contributed by atoms with Gasteiger partial charge in [0.1, 0.15) is 5.82 Å². The summed E-state index contributed by atoms with van der Waals surface area (Å²) >= 11 is 6.27. The number of carbonyl (C=O) groups excluding carboxylic acids is 1. The van der Waals surface area contributed by atoms with Gasteiger partial charge >= 0.3 is 0 Å². The molecule has 1 aliphatic rings. The highest BCUT2D eigenvalue weighted by Gasteiger charge is 2.14. The number of rotatable bonds is 7. The molecule has 168 valence electrons. The van der Waals surface area contributed by atoms with Crippen molar-refractivity contribution in [3.63, 3.8) is 0 Å². The molecule has 2 heterocycles. The first kappa shape index (κ1) is 22.6. The summed E-state index contributed by atoms with van der Waals surface area (Å²) in [5, 5.41) is 8.92. The van der Waals surface area contributed by atoms with Crippen molar-refractivity contribution >= 4 is 39.8 Å². The molecular weight excluding hydrogens is 420 g/mol. The minimum Gasteiger partial charge on any atom is -0.352 e. The van der Waals surface area contributed by atoms with E-state index in [4.69, 9.17) is 11.6 Å². The number of amides is 1. The van der Waals surface area contributed by atoms with Crippen LogP contribution >= 0.6 is 11.6 Å². The fraction of sp³-hybridized carbons (Fsp3) is 0.385. The van der Waals surface area contributed by atoms with Gasteiger partial charge in [0.2, 0.25) is 0 Å². The second-order valence-electron chi connectivity index (χ2n) is 8.52. The van der Waals surface area contributed by atoms with Crippen LogP contribution in [0.4, 0.5) is 11.5 Å². The molecule has 0 saturated carbocycles. The number of hydrogen-bond acceptors (Lipinski definition) is 4. The van der Waals surface area contributed by atoms with Gasteiger partial charge in [0.05, 0.1) is 5.56 Å². The first-order chi connectivity index (χ1) is 15.6. The van der Waals surface area contributed by atoms with Crippen LogP contribution in [0.25, 0.3) is 10.8 Å². The summed E-state index contributed by atoms with van der Waals surface area (Å²) in [7, 11) is 0. The predicted octanol–water partition coefficient (Wildman–Crippen LogP) is 5.94. The number of anilines is 2. The SMILES string of the molecule is Cc1ccc(Nc2ncc(C(=O)NCCCN3CCCCCC3)c3ccccc23)cc1Cl. The topological polar surface area (TPSA) is 57.3 Å². The molecular formula is C26H31ClN4O. The van der Waals surface area contributed by atoms with Crippen LogP contribution in [0.1, 0.15) is 48.0 Å². The molecule has 1 saturated heterocycles. The van der Waals surface area contributed by atoms with E-state index in [2.05, 4.69) is 20.5 Å². The summed E-state index contributed by atoms with van der Waals surface area (Å²) < 4.78 is 0. The fourth-order valence-corrected chi connectivity index (χ4v) is 4.42. The Hall–Kier alpha value is -2.63. The normalized spacial score (nSPS) is 14.8. The van der Waals surface area contributed by atoms with Crippen molar-refractivity contribution in [3.8, 4) is 0 Å². The van der Waals surface area contributed by atoms with E-state index in [1.165, 1.54) is 38.8 Å². The number of halogens is 1. The molecule has 5 nitrogen and oxygen atoms in total. The van der Waals surface area contributed by atoms with Crippen LogP contribution in [0, 0.1) is 6.92 Å². The molecule has 0 radical (unpaired) electrons. The molecule has 2 aromatic carbocycles. The number of nitrogens with one attached hydrogen (secondary N) is 2. The van der Waals surface area contributed by atoms with E-state index in [1.807, 2.05) is 49.4 Å². The second-order valence-corrected chi connectivity index (χ2v) is 8.93. The highest BCUT2D eigenvalue weighted by molar-refractivity contribution is 6.31. The van der Waals surface area contributed by atoms with Crippen molar-refractivity contribution in [1.29, 1.82) is 0 Å². The van der Waals surface area contributed by atoms with Crippen LogP contribution in [-0.2, 0) is 0 Å². The first-order valence-corrected chi connectivity index (χ1v) is 11.9. The van der Waals surface area contributed by atoms with E-state index in [-0.39, 0.29) is 5.91 Å². The number of hydrogen-bond donors (Lipinski definition) is 2. The Morgan fingerprint density at radius 3 is 2.56 bits per heavy atom. The quantitative estimate of drug-likeness (QED) is 0.437. The Morgan fingerprint density at radius 2 is 1.81 bits per heavy atom. The van der Waals surface area contributed by atoms with Crippen molar-refractivity contribution in [3.05, 3.63) is 64.8 Å². The molecule has 6 heteroatoms. The van der Waals surface area contributed by atoms with Crippen molar-refractivity contribution in [2.24, 2.45) is 0 Å². The van der Waals surface area contributed by atoms with Gasteiger partial charge in [-0.25, -0.2) is 4.98 Å². The van der Waals surface area contributed by atoms with Crippen molar-refractivity contribution in [2.75, 3.05) is 31.5 Å². The van der Waals surface area contributed by atoms with E-state index in [0.717, 1.165) is 35.0 Å². The Morgan fingerprint density at radius 1 is 1.06 bits per heavy atom. The summed E-state index contributed by atoms with van der Waals surface area (Å²) in [6.45, 7) is 6.06. The maximum absolute atomic E-state index is 12.9. The Bertz CT molecular complexity index is 1080. The van der Waals surface area contributed by atoms with E-state index in [0.29, 0.717) is 22.9 Å². The molecule has 0 unspecified atom stereocenters. The molecule has 1 fully saturated rings. The summed E-state index contributed by atoms with van der Waals surface area (Å²) in [5.74, 6) is 0.632. The van der Waals surface area contributed by atoms with Crippen LogP contribution in [0.3, 0.4) is 0 Å². The molecule has 0 aliphatic carbocycles. The fourth-order valence-electron chi connectivity index (χ4n) is 4.24. The van der Waals surface area contributed by atoms with E-state index < -0.39 is 0 Å². The molecule has 3 aromatic rings. The Labute approximate surface area is 195 Å². The van der Waals surface area contributed by atoms with Crippen molar-refractivity contribution in [1.82, 2.24) is 15.2 Å². The molecule has 0 atom stereocenters. The summed E-state index contributed by atoms with van der Waals surface area (Å²) in [5.41, 5.74) is 2.49. The summed E-state index contributed by atoms with van der Waals surface area (Å²) in [4.78, 5) is 20.0. The van der Waals surface area contributed by atoms with Crippen LogP contribution in [0.15, 0.2) is 48.7 Å². The zero-order valence-electron chi connectivity index (χ0n) is 18.7. The lowest BCUT2D eigenvalue weighted by Crippen LogP contribution is -2.30. The van der Waals surface area contributed by atoms with Gasteiger partial charge in [-0.05, 0) is 68.9 Å². The Kier molecular flexibility index (Phi) is 7.61. The highest BCUT2D eigenvalue weighted by atomic mass is 35.5. The molecule has 1 aromatic heterocycles. The van der Waals surface area contributed by atoms with E-state index >= 15 is 0 Å². The van der Waals surface area contributed by atoms with Crippen molar-refractivity contribution < 1.29 is 4.79 Å². The van der Waals surface area contributed by atoms with E-state index in [9.17, 15) is 4.79 Å². The van der Waals surface area contributed by atoms with Crippen LogP contribution in [0.2, 0.25) is 5.02 Å². The lowest BCUT2D eigenvalue weighted by Gasteiger charge is -2.19. The number of likely N-dealkylation sites (tertiary alicyclic amines) is 1. The average Bonchev–Trinajstić information content (AvgIpc) is 3.08. The number of nitrogens with zero attached hydrogens (tertiary/aromatic N) is 2. The van der Waals surface area contributed by atoms with Gasteiger partial charge in [-0.1, -0.05) is 54.8 Å². The third-order valence-electron chi connectivity index (χ3n) is 6.11. The number of aryl methyl sites for hydroxylation is 1. The van der Waals surface area contributed by atoms with Crippen LogP contribution in [-0.4, -0.2) is 42.0 Å². The lowest BCUT2D eigenvalue weighted by molar-refractivity contribution is 0.0953. The largest absolute Gasteiger partial charge is 0.352 e. The number of aromatic nitrogens is 1. The molecule has 1 amide bonds.